The zero-order valence-electron chi connectivity index (χ0n) is 15.4. The second-order valence-corrected chi connectivity index (χ2v) is 8.42. The van der Waals surface area contributed by atoms with E-state index in [1.54, 1.807) is 18.2 Å². The van der Waals surface area contributed by atoms with Crippen molar-refractivity contribution in [3.05, 3.63) is 88.4 Å². The maximum Gasteiger partial charge on any atom is 0.261 e. The van der Waals surface area contributed by atoms with E-state index in [0.717, 1.165) is 16.8 Å². The Morgan fingerprint density at radius 3 is 2.14 bits per heavy atom. The topological polar surface area (TPSA) is 75.3 Å². The molecule has 0 heterocycles. The summed E-state index contributed by atoms with van der Waals surface area (Å²) in [5.74, 6) is -0.322. The first-order valence-corrected chi connectivity index (χ1v) is 10.4. The van der Waals surface area contributed by atoms with Crippen molar-refractivity contribution < 1.29 is 13.2 Å². The number of sulfonamides is 1. The molecule has 7 heteroatoms. The van der Waals surface area contributed by atoms with Crippen LogP contribution in [0, 0.1) is 13.8 Å². The van der Waals surface area contributed by atoms with Gasteiger partial charge in [0.2, 0.25) is 0 Å². The molecule has 0 bridgehead atoms. The number of halogens is 1. The van der Waals surface area contributed by atoms with E-state index in [1.165, 1.54) is 30.3 Å². The molecule has 0 aliphatic rings. The Bertz CT molecular complexity index is 1110. The summed E-state index contributed by atoms with van der Waals surface area (Å²) < 4.78 is 27.3. The van der Waals surface area contributed by atoms with Gasteiger partial charge in [0, 0.05) is 11.3 Å². The van der Waals surface area contributed by atoms with Crippen LogP contribution in [0.3, 0.4) is 0 Å². The molecule has 0 aromatic heterocycles. The van der Waals surface area contributed by atoms with Crippen LogP contribution in [0.15, 0.2) is 71.6 Å². The molecule has 0 fully saturated rings. The maximum atomic E-state index is 12.6. The van der Waals surface area contributed by atoms with Crippen LogP contribution in [0.25, 0.3) is 0 Å². The standard InChI is InChI=1S/C21H19ClN2O3S/c1-14-7-6-8-15(2)20(14)23-21(25)16-11-12-19(18(22)13-16)24-28(26,27)17-9-4-3-5-10-17/h3-13,24H,1-2H3,(H,23,25). The Balaban J connectivity index is 1.82. The Labute approximate surface area is 169 Å². The van der Waals surface area contributed by atoms with Gasteiger partial charge >= 0.3 is 0 Å². The molecule has 3 aromatic carbocycles. The van der Waals surface area contributed by atoms with Crippen LogP contribution in [-0.4, -0.2) is 14.3 Å². The molecule has 0 saturated carbocycles. The van der Waals surface area contributed by atoms with Crippen molar-refractivity contribution in [2.75, 3.05) is 10.0 Å². The lowest BCUT2D eigenvalue weighted by Crippen LogP contribution is -2.15. The number of benzene rings is 3. The summed E-state index contributed by atoms with van der Waals surface area (Å²) in [5.41, 5.74) is 3.18. The van der Waals surface area contributed by atoms with Crippen LogP contribution >= 0.6 is 11.6 Å². The number of carbonyl (C=O) groups is 1. The molecule has 28 heavy (non-hydrogen) atoms. The molecule has 0 spiro atoms. The van der Waals surface area contributed by atoms with E-state index in [4.69, 9.17) is 11.6 Å². The summed E-state index contributed by atoms with van der Waals surface area (Å²) in [7, 11) is -3.76. The van der Waals surface area contributed by atoms with Gasteiger partial charge in [-0.2, -0.15) is 0 Å². The van der Waals surface area contributed by atoms with Gasteiger partial charge in [-0.1, -0.05) is 48.0 Å². The highest BCUT2D eigenvalue weighted by atomic mass is 35.5. The van der Waals surface area contributed by atoms with Crippen molar-refractivity contribution in [3.8, 4) is 0 Å². The third-order valence-electron chi connectivity index (χ3n) is 4.25. The van der Waals surface area contributed by atoms with E-state index in [1.807, 2.05) is 32.0 Å². The summed E-state index contributed by atoms with van der Waals surface area (Å²) in [6.45, 7) is 3.83. The molecule has 5 nitrogen and oxygen atoms in total. The van der Waals surface area contributed by atoms with Gasteiger partial charge in [0.05, 0.1) is 15.6 Å². The highest BCUT2D eigenvalue weighted by molar-refractivity contribution is 7.92. The van der Waals surface area contributed by atoms with Gasteiger partial charge < -0.3 is 5.32 Å². The first kappa shape index (κ1) is 19.9. The molecule has 144 valence electrons. The van der Waals surface area contributed by atoms with Crippen molar-refractivity contribution in [2.24, 2.45) is 0 Å². The predicted molar refractivity (Wildman–Crippen MR) is 113 cm³/mol. The van der Waals surface area contributed by atoms with E-state index in [0.29, 0.717) is 5.56 Å². The second kappa shape index (κ2) is 8.04. The van der Waals surface area contributed by atoms with Gasteiger partial charge in [0.15, 0.2) is 0 Å². The molecule has 0 aliphatic carbocycles. The van der Waals surface area contributed by atoms with E-state index < -0.39 is 10.0 Å². The second-order valence-electron chi connectivity index (χ2n) is 6.33. The van der Waals surface area contributed by atoms with E-state index in [9.17, 15) is 13.2 Å². The molecule has 1 amide bonds. The van der Waals surface area contributed by atoms with Gasteiger partial charge in [-0.05, 0) is 55.3 Å². The molecule has 0 aliphatic heterocycles. The summed E-state index contributed by atoms with van der Waals surface area (Å²) >= 11 is 6.23. The quantitative estimate of drug-likeness (QED) is 0.616. The van der Waals surface area contributed by atoms with Gasteiger partial charge in [-0.25, -0.2) is 8.42 Å². The molecule has 0 radical (unpaired) electrons. The van der Waals surface area contributed by atoms with Crippen LogP contribution in [0.5, 0.6) is 0 Å². The van der Waals surface area contributed by atoms with Crippen molar-refractivity contribution >= 4 is 38.9 Å². The Hall–Kier alpha value is -2.83. The third-order valence-corrected chi connectivity index (χ3v) is 5.94. The average Bonchev–Trinajstić information content (AvgIpc) is 2.67. The molecule has 0 saturated heterocycles. The van der Waals surface area contributed by atoms with Crippen molar-refractivity contribution in [2.45, 2.75) is 18.7 Å². The van der Waals surface area contributed by atoms with Gasteiger partial charge in [-0.3, -0.25) is 9.52 Å². The highest BCUT2D eigenvalue weighted by Gasteiger charge is 2.17. The smallest absolute Gasteiger partial charge is 0.261 e. The maximum absolute atomic E-state index is 12.6. The first-order chi connectivity index (χ1) is 13.3. The minimum absolute atomic E-state index is 0.128. The number of hydrogen-bond acceptors (Lipinski definition) is 3. The molecule has 3 rings (SSSR count). The lowest BCUT2D eigenvalue weighted by atomic mass is 10.1. The zero-order valence-corrected chi connectivity index (χ0v) is 16.9. The Kier molecular flexibility index (Phi) is 5.72. The number of nitrogens with one attached hydrogen (secondary N) is 2. The summed E-state index contributed by atoms with van der Waals surface area (Å²) in [5, 5.41) is 3.01. The van der Waals surface area contributed by atoms with Crippen molar-refractivity contribution in [3.63, 3.8) is 0 Å². The monoisotopic (exact) mass is 414 g/mol. The number of para-hydroxylation sites is 1. The summed E-state index contributed by atoms with van der Waals surface area (Å²) in [4.78, 5) is 12.7. The largest absolute Gasteiger partial charge is 0.322 e. The molecule has 2 N–H and O–H groups in total. The summed E-state index contributed by atoms with van der Waals surface area (Å²) in [6.07, 6.45) is 0. The first-order valence-electron chi connectivity index (χ1n) is 8.53. The SMILES string of the molecule is Cc1cccc(C)c1NC(=O)c1ccc(NS(=O)(=O)c2ccccc2)c(Cl)c1. The molecular formula is C21H19ClN2O3S. The predicted octanol–water partition coefficient (Wildman–Crippen LogP) is 5.01. The number of anilines is 2. The van der Waals surface area contributed by atoms with Gasteiger partial charge in [0.1, 0.15) is 0 Å². The Morgan fingerprint density at radius 1 is 0.893 bits per heavy atom. The normalized spacial score (nSPS) is 11.1. The minimum atomic E-state index is -3.76. The number of rotatable bonds is 5. The fourth-order valence-electron chi connectivity index (χ4n) is 2.74. The molecule has 0 atom stereocenters. The lowest BCUT2D eigenvalue weighted by molar-refractivity contribution is 0.102. The van der Waals surface area contributed by atoms with Crippen LogP contribution in [0.2, 0.25) is 5.02 Å². The van der Waals surface area contributed by atoms with Crippen LogP contribution in [0.1, 0.15) is 21.5 Å². The fourth-order valence-corrected chi connectivity index (χ4v) is 4.12. The van der Waals surface area contributed by atoms with Crippen LogP contribution in [0.4, 0.5) is 11.4 Å². The fraction of sp³-hybridized carbons (Fsp3) is 0.0952. The van der Waals surface area contributed by atoms with Gasteiger partial charge in [0.25, 0.3) is 15.9 Å². The number of amides is 1. The highest BCUT2D eigenvalue weighted by Crippen LogP contribution is 2.27. The van der Waals surface area contributed by atoms with E-state index in [2.05, 4.69) is 10.0 Å². The number of hydrogen-bond donors (Lipinski definition) is 2. The van der Waals surface area contributed by atoms with E-state index >= 15 is 0 Å². The Morgan fingerprint density at radius 2 is 1.54 bits per heavy atom. The minimum Gasteiger partial charge on any atom is -0.322 e. The number of carbonyl (C=O) groups excluding carboxylic acids is 1. The van der Waals surface area contributed by atoms with Gasteiger partial charge in [-0.15, -0.1) is 0 Å². The van der Waals surface area contributed by atoms with Crippen molar-refractivity contribution in [1.82, 2.24) is 0 Å². The average molecular weight is 415 g/mol. The molecule has 0 unspecified atom stereocenters. The van der Waals surface area contributed by atoms with Crippen LogP contribution in [-0.2, 0) is 10.0 Å². The number of aryl methyl sites for hydroxylation is 2. The zero-order chi connectivity index (χ0) is 20.3. The molecular weight excluding hydrogens is 396 g/mol. The van der Waals surface area contributed by atoms with Crippen LogP contribution < -0.4 is 10.0 Å². The summed E-state index contributed by atoms with van der Waals surface area (Å²) in [6, 6.07) is 18.2. The van der Waals surface area contributed by atoms with Crippen molar-refractivity contribution in [1.29, 1.82) is 0 Å². The van der Waals surface area contributed by atoms with E-state index in [-0.39, 0.29) is 21.5 Å². The molecule has 3 aromatic rings. The third kappa shape index (κ3) is 4.35. The lowest BCUT2D eigenvalue weighted by Gasteiger charge is -2.13.